The molecule has 0 aliphatic carbocycles. The number of nitrogens with zero attached hydrogens (tertiary/aromatic N) is 2. The lowest BCUT2D eigenvalue weighted by Crippen LogP contribution is -2.14. The van der Waals surface area contributed by atoms with Crippen LogP contribution in [-0.2, 0) is 0 Å². The molecule has 0 atom stereocenters. The van der Waals surface area contributed by atoms with E-state index in [1.54, 1.807) is 18.2 Å². The van der Waals surface area contributed by atoms with Gasteiger partial charge in [-0.2, -0.15) is 4.73 Å². The second-order valence-electron chi connectivity index (χ2n) is 2.83. The summed E-state index contributed by atoms with van der Waals surface area (Å²) in [4.78, 5) is 19.7. The molecule has 5 nitrogen and oxygen atoms in total. The Morgan fingerprint density at radius 3 is 2.93 bits per heavy atom. The van der Waals surface area contributed by atoms with E-state index in [-0.39, 0.29) is 5.82 Å². The van der Waals surface area contributed by atoms with Crippen LogP contribution in [0.3, 0.4) is 0 Å². The SMILES string of the molecule is COn1c(C(=O)O)nc2c(Cl)cccc21. The van der Waals surface area contributed by atoms with Crippen LogP contribution in [0.15, 0.2) is 18.2 Å². The zero-order chi connectivity index (χ0) is 11.0. The maximum Gasteiger partial charge on any atom is 0.375 e. The molecular weight excluding hydrogens is 220 g/mol. The van der Waals surface area contributed by atoms with Gasteiger partial charge in [-0.1, -0.05) is 17.7 Å². The van der Waals surface area contributed by atoms with Gasteiger partial charge in [0.25, 0.3) is 5.82 Å². The molecule has 0 fully saturated rings. The molecule has 6 heteroatoms. The number of benzene rings is 1. The Hall–Kier alpha value is -1.75. The number of carboxylic acids is 1. The topological polar surface area (TPSA) is 64.3 Å². The molecule has 0 aliphatic rings. The molecule has 0 saturated heterocycles. The molecule has 0 unspecified atom stereocenters. The molecule has 1 N–H and O–H groups in total. The van der Waals surface area contributed by atoms with Gasteiger partial charge in [0.1, 0.15) is 18.1 Å². The summed E-state index contributed by atoms with van der Waals surface area (Å²) in [5.74, 6) is -1.36. The maximum absolute atomic E-state index is 10.9. The van der Waals surface area contributed by atoms with Gasteiger partial charge < -0.3 is 9.94 Å². The Morgan fingerprint density at radius 1 is 1.60 bits per heavy atom. The third-order valence-electron chi connectivity index (χ3n) is 1.97. The normalized spacial score (nSPS) is 10.5. The molecule has 1 heterocycles. The number of hydrogen-bond donors (Lipinski definition) is 1. The molecular formula is C9H7ClN2O3. The number of halogens is 1. The Balaban J connectivity index is 2.84. The summed E-state index contributed by atoms with van der Waals surface area (Å²) in [6.07, 6.45) is 0. The van der Waals surface area contributed by atoms with Crippen molar-refractivity contribution < 1.29 is 14.7 Å². The van der Waals surface area contributed by atoms with Crippen molar-refractivity contribution in [3.05, 3.63) is 29.0 Å². The van der Waals surface area contributed by atoms with Crippen LogP contribution in [0.1, 0.15) is 10.6 Å². The van der Waals surface area contributed by atoms with Gasteiger partial charge in [0.15, 0.2) is 0 Å². The minimum Gasteiger partial charge on any atom is -0.475 e. The number of imidazole rings is 1. The first kappa shape index (κ1) is 9.79. The summed E-state index contributed by atoms with van der Waals surface area (Å²) < 4.78 is 1.13. The fourth-order valence-corrected chi connectivity index (χ4v) is 1.58. The predicted molar refractivity (Wildman–Crippen MR) is 54.2 cm³/mol. The molecule has 0 aliphatic heterocycles. The molecule has 78 valence electrons. The lowest BCUT2D eigenvalue weighted by Gasteiger charge is -2.02. The molecule has 0 amide bonds. The van der Waals surface area contributed by atoms with Gasteiger partial charge in [-0.25, -0.2) is 9.78 Å². The quantitative estimate of drug-likeness (QED) is 0.842. The van der Waals surface area contributed by atoms with E-state index >= 15 is 0 Å². The number of para-hydroxylation sites is 1. The lowest BCUT2D eigenvalue weighted by molar-refractivity contribution is 0.0635. The van der Waals surface area contributed by atoms with Gasteiger partial charge in [-0.3, -0.25) is 0 Å². The first-order chi connectivity index (χ1) is 7.15. The molecule has 2 aromatic rings. The lowest BCUT2D eigenvalue weighted by atomic mass is 10.3. The van der Waals surface area contributed by atoms with Crippen molar-refractivity contribution in [3.63, 3.8) is 0 Å². The fourth-order valence-electron chi connectivity index (χ4n) is 1.36. The highest BCUT2D eigenvalue weighted by molar-refractivity contribution is 6.35. The van der Waals surface area contributed by atoms with Crippen molar-refractivity contribution in [1.29, 1.82) is 0 Å². The Kier molecular flexibility index (Phi) is 2.24. The first-order valence-electron chi connectivity index (χ1n) is 4.10. The van der Waals surface area contributed by atoms with Gasteiger partial charge in [0.2, 0.25) is 0 Å². The van der Waals surface area contributed by atoms with Gasteiger partial charge in [-0.05, 0) is 12.1 Å². The van der Waals surface area contributed by atoms with E-state index in [2.05, 4.69) is 4.98 Å². The highest BCUT2D eigenvalue weighted by Gasteiger charge is 2.18. The molecule has 0 saturated carbocycles. The van der Waals surface area contributed by atoms with Crippen molar-refractivity contribution >= 4 is 28.6 Å². The average molecular weight is 227 g/mol. The maximum atomic E-state index is 10.9. The molecule has 15 heavy (non-hydrogen) atoms. The number of hydrogen-bond acceptors (Lipinski definition) is 3. The Bertz CT molecular complexity index is 535. The van der Waals surface area contributed by atoms with E-state index < -0.39 is 5.97 Å². The summed E-state index contributed by atoms with van der Waals surface area (Å²) >= 11 is 5.88. The second kappa shape index (κ2) is 3.43. The third-order valence-corrected chi connectivity index (χ3v) is 2.27. The minimum atomic E-state index is -1.16. The van der Waals surface area contributed by atoms with Gasteiger partial charge in [0.05, 0.1) is 5.02 Å². The van der Waals surface area contributed by atoms with Crippen LogP contribution in [0.25, 0.3) is 11.0 Å². The van der Waals surface area contributed by atoms with E-state index in [0.29, 0.717) is 16.1 Å². The summed E-state index contributed by atoms with van der Waals surface area (Å²) in [5, 5.41) is 9.28. The molecule has 2 rings (SSSR count). The van der Waals surface area contributed by atoms with Crippen molar-refractivity contribution in [3.8, 4) is 0 Å². The minimum absolute atomic E-state index is 0.194. The molecule has 0 radical (unpaired) electrons. The van der Waals surface area contributed by atoms with E-state index in [4.69, 9.17) is 21.5 Å². The first-order valence-corrected chi connectivity index (χ1v) is 4.47. The summed E-state index contributed by atoms with van der Waals surface area (Å²) in [7, 11) is 1.37. The van der Waals surface area contributed by atoms with E-state index in [1.165, 1.54) is 7.11 Å². The zero-order valence-electron chi connectivity index (χ0n) is 7.77. The van der Waals surface area contributed by atoms with Gasteiger partial charge in [-0.15, -0.1) is 0 Å². The zero-order valence-corrected chi connectivity index (χ0v) is 8.52. The van der Waals surface area contributed by atoms with Crippen LogP contribution in [0.2, 0.25) is 5.02 Å². The van der Waals surface area contributed by atoms with Crippen LogP contribution >= 0.6 is 11.6 Å². The Morgan fingerprint density at radius 2 is 2.33 bits per heavy atom. The summed E-state index contributed by atoms with van der Waals surface area (Å²) in [6, 6.07) is 5.03. The van der Waals surface area contributed by atoms with E-state index in [9.17, 15) is 4.79 Å². The van der Waals surface area contributed by atoms with Crippen LogP contribution in [0, 0.1) is 0 Å². The number of aromatic carboxylic acids is 1. The van der Waals surface area contributed by atoms with Crippen LogP contribution in [0.4, 0.5) is 0 Å². The number of carbonyl (C=O) groups is 1. The highest BCUT2D eigenvalue weighted by Crippen LogP contribution is 2.22. The molecule has 1 aromatic heterocycles. The monoisotopic (exact) mass is 226 g/mol. The number of carboxylic acid groups (broad SMARTS) is 1. The highest BCUT2D eigenvalue weighted by atomic mass is 35.5. The van der Waals surface area contributed by atoms with Crippen molar-refractivity contribution in [2.45, 2.75) is 0 Å². The second-order valence-corrected chi connectivity index (χ2v) is 3.23. The standard InChI is InChI=1S/C9H7ClN2O3/c1-15-12-6-4-2-3-5(10)7(6)11-8(12)9(13)14/h2-4H,1H3,(H,13,14). The third kappa shape index (κ3) is 1.41. The van der Waals surface area contributed by atoms with Crippen LogP contribution in [-0.4, -0.2) is 27.9 Å². The Labute approximate surface area is 89.8 Å². The van der Waals surface area contributed by atoms with Crippen molar-refractivity contribution in [2.75, 3.05) is 7.11 Å². The number of fused-ring (bicyclic) bond motifs is 1. The van der Waals surface area contributed by atoms with E-state index in [0.717, 1.165) is 4.73 Å². The van der Waals surface area contributed by atoms with Crippen molar-refractivity contribution in [2.24, 2.45) is 0 Å². The van der Waals surface area contributed by atoms with E-state index in [1.807, 2.05) is 0 Å². The molecule has 0 bridgehead atoms. The predicted octanol–water partition coefficient (Wildman–Crippen LogP) is 1.45. The number of rotatable bonds is 2. The van der Waals surface area contributed by atoms with Gasteiger partial charge in [0, 0.05) is 0 Å². The summed E-state index contributed by atoms with van der Waals surface area (Å²) in [6.45, 7) is 0. The van der Waals surface area contributed by atoms with Crippen LogP contribution < -0.4 is 4.84 Å². The molecule has 1 aromatic carbocycles. The molecule has 0 spiro atoms. The summed E-state index contributed by atoms with van der Waals surface area (Å²) in [5.41, 5.74) is 0.945. The fraction of sp³-hybridized carbons (Fsp3) is 0.111. The van der Waals surface area contributed by atoms with Crippen LogP contribution in [0.5, 0.6) is 0 Å². The average Bonchev–Trinajstić information content (AvgIpc) is 2.57. The smallest absolute Gasteiger partial charge is 0.375 e. The van der Waals surface area contributed by atoms with Crippen molar-refractivity contribution in [1.82, 2.24) is 9.71 Å². The largest absolute Gasteiger partial charge is 0.475 e. The van der Waals surface area contributed by atoms with Gasteiger partial charge >= 0.3 is 5.97 Å². The number of aromatic nitrogens is 2.